The van der Waals surface area contributed by atoms with Gasteiger partial charge in [0, 0.05) is 63.3 Å². The van der Waals surface area contributed by atoms with Crippen LogP contribution in [0, 0.1) is 0 Å². The van der Waals surface area contributed by atoms with E-state index in [1.54, 1.807) is 10.9 Å². The lowest BCUT2D eigenvalue weighted by Gasteiger charge is -2.43. The summed E-state index contributed by atoms with van der Waals surface area (Å²) in [5.41, 5.74) is 1.74. The minimum atomic E-state index is 0.0724. The summed E-state index contributed by atoms with van der Waals surface area (Å²) in [5.74, 6) is 0.828. The van der Waals surface area contributed by atoms with Gasteiger partial charge >= 0.3 is 0 Å². The average Bonchev–Trinajstić information content (AvgIpc) is 3.10. The second kappa shape index (κ2) is 8.52. The Balaban J connectivity index is 1.58. The molecular formula is C20H30N6O. The molecule has 0 radical (unpaired) electrons. The van der Waals surface area contributed by atoms with Gasteiger partial charge in [-0.05, 0) is 32.4 Å². The molecule has 1 aliphatic rings. The number of piperazine rings is 1. The molecule has 0 saturated carbocycles. The molecule has 1 aliphatic heterocycles. The molecule has 0 aliphatic carbocycles. The maximum Gasteiger partial charge on any atom is 0.255 e. The van der Waals surface area contributed by atoms with Crippen LogP contribution in [0.5, 0.6) is 0 Å². The van der Waals surface area contributed by atoms with Crippen molar-refractivity contribution < 1.29 is 4.79 Å². The minimum absolute atomic E-state index is 0.0724. The monoisotopic (exact) mass is 370 g/mol. The van der Waals surface area contributed by atoms with E-state index in [9.17, 15) is 4.79 Å². The Kier molecular flexibility index (Phi) is 6.11. The molecule has 3 rings (SSSR count). The van der Waals surface area contributed by atoms with Crippen molar-refractivity contribution in [2.24, 2.45) is 7.05 Å². The number of nitrogens with zero attached hydrogens (tertiary/aromatic N) is 5. The van der Waals surface area contributed by atoms with E-state index in [0.29, 0.717) is 24.2 Å². The standard InChI is InChI=1S/C20H30N6O/c1-5-18-14-25(8-9-26(18)15(2)3)20(27)17-6-7-19(22-12-17)21-10-16-11-23-24(4)13-16/h6-7,11-13,15,18H,5,8-10,14H2,1-4H3,(H,21,22). The molecule has 7 nitrogen and oxygen atoms in total. The maximum atomic E-state index is 12.9. The fourth-order valence-corrected chi connectivity index (χ4v) is 3.66. The molecule has 146 valence electrons. The maximum absolute atomic E-state index is 12.9. The van der Waals surface area contributed by atoms with Crippen LogP contribution in [0.2, 0.25) is 0 Å². The molecule has 1 saturated heterocycles. The summed E-state index contributed by atoms with van der Waals surface area (Å²) in [6.07, 6.45) is 6.51. The quantitative estimate of drug-likeness (QED) is 0.846. The Hall–Kier alpha value is -2.41. The predicted octanol–water partition coefficient (Wildman–Crippen LogP) is 2.37. The van der Waals surface area contributed by atoms with E-state index in [-0.39, 0.29) is 5.91 Å². The minimum Gasteiger partial charge on any atom is -0.366 e. The summed E-state index contributed by atoms with van der Waals surface area (Å²) in [7, 11) is 1.90. The molecule has 2 aromatic rings. The molecule has 0 spiro atoms. The van der Waals surface area contributed by atoms with E-state index in [1.807, 2.05) is 36.5 Å². The predicted molar refractivity (Wildman–Crippen MR) is 107 cm³/mol. The lowest BCUT2D eigenvalue weighted by molar-refractivity contribution is 0.0371. The lowest BCUT2D eigenvalue weighted by atomic mass is 10.1. The van der Waals surface area contributed by atoms with Gasteiger partial charge in [-0.3, -0.25) is 14.4 Å². The van der Waals surface area contributed by atoms with Crippen LogP contribution >= 0.6 is 0 Å². The first kappa shape index (κ1) is 19.4. The number of aromatic nitrogens is 3. The summed E-state index contributed by atoms with van der Waals surface area (Å²) in [5, 5.41) is 7.41. The van der Waals surface area contributed by atoms with E-state index >= 15 is 0 Å². The Labute approximate surface area is 161 Å². The molecule has 27 heavy (non-hydrogen) atoms. The van der Waals surface area contributed by atoms with Crippen molar-refractivity contribution in [1.82, 2.24) is 24.6 Å². The fraction of sp³-hybridized carbons (Fsp3) is 0.550. The largest absolute Gasteiger partial charge is 0.366 e. The topological polar surface area (TPSA) is 66.3 Å². The van der Waals surface area contributed by atoms with Gasteiger partial charge in [-0.25, -0.2) is 4.98 Å². The van der Waals surface area contributed by atoms with Crippen LogP contribution in [0.3, 0.4) is 0 Å². The lowest BCUT2D eigenvalue weighted by Crippen LogP contribution is -2.56. The summed E-state index contributed by atoms with van der Waals surface area (Å²) in [4.78, 5) is 21.7. The van der Waals surface area contributed by atoms with E-state index in [4.69, 9.17) is 0 Å². The van der Waals surface area contributed by atoms with Crippen LogP contribution in [-0.4, -0.2) is 62.2 Å². The second-order valence-corrected chi connectivity index (χ2v) is 7.45. The molecule has 1 atom stereocenters. The van der Waals surface area contributed by atoms with E-state index < -0.39 is 0 Å². The van der Waals surface area contributed by atoms with Gasteiger partial charge in [0.25, 0.3) is 5.91 Å². The van der Waals surface area contributed by atoms with Crippen LogP contribution in [0.15, 0.2) is 30.7 Å². The molecule has 1 amide bonds. The smallest absolute Gasteiger partial charge is 0.255 e. The second-order valence-electron chi connectivity index (χ2n) is 7.45. The number of aryl methyl sites for hydroxylation is 1. The number of hydrogen-bond acceptors (Lipinski definition) is 5. The number of anilines is 1. The van der Waals surface area contributed by atoms with Gasteiger partial charge in [-0.15, -0.1) is 0 Å². The molecular weight excluding hydrogens is 340 g/mol. The Morgan fingerprint density at radius 1 is 1.30 bits per heavy atom. The van der Waals surface area contributed by atoms with Gasteiger partial charge in [0.2, 0.25) is 0 Å². The third-order valence-corrected chi connectivity index (χ3v) is 5.19. The van der Waals surface area contributed by atoms with Gasteiger partial charge in [0.1, 0.15) is 5.82 Å². The Bertz CT molecular complexity index is 754. The van der Waals surface area contributed by atoms with Crippen molar-refractivity contribution >= 4 is 11.7 Å². The van der Waals surface area contributed by atoms with Gasteiger partial charge in [-0.2, -0.15) is 5.10 Å². The van der Waals surface area contributed by atoms with Crippen molar-refractivity contribution in [2.75, 3.05) is 25.0 Å². The third kappa shape index (κ3) is 4.66. The van der Waals surface area contributed by atoms with Crippen LogP contribution in [0.1, 0.15) is 43.1 Å². The SMILES string of the molecule is CCC1CN(C(=O)c2ccc(NCc3cnn(C)c3)nc2)CCN1C(C)C. The molecule has 1 N–H and O–H groups in total. The summed E-state index contributed by atoms with van der Waals surface area (Å²) < 4.78 is 1.77. The van der Waals surface area contributed by atoms with Crippen molar-refractivity contribution in [1.29, 1.82) is 0 Å². The van der Waals surface area contributed by atoms with E-state index in [2.05, 4.69) is 41.1 Å². The highest BCUT2D eigenvalue weighted by molar-refractivity contribution is 5.94. The molecule has 0 bridgehead atoms. The van der Waals surface area contributed by atoms with Gasteiger partial charge < -0.3 is 10.2 Å². The normalized spacial score (nSPS) is 18.1. The van der Waals surface area contributed by atoms with Gasteiger partial charge in [-0.1, -0.05) is 6.92 Å². The van der Waals surface area contributed by atoms with Crippen LogP contribution < -0.4 is 5.32 Å². The molecule has 1 fully saturated rings. The molecule has 3 heterocycles. The van der Waals surface area contributed by atoms with E-state index in [1.165, 1.54) is 0 Å². The molecule has 7 heteroatoms. The average molecular weight is 371 g/mol. The summed E-state index contributed by atoms with van der Waals surface area (Å²) >= 11 is 0. The van der Waals surface area contributed by atoms with Crippen molar-refractivity contribution in [2.45, 2.75) is 45.8 Å². The van der Waals surface area contributed by atoms with Crippen LogP contribution in [0.4, 0.5) is 5.82 Å². The zero-order chi connectivity index (χ0) is 19.4. The number of carbonyl (C=O) groups is 1. The number of rotatable bonds is 6. The first-order valence-corrected chi connectivity index (χ1v) is 9.70. The number of hydrogen-bond donors (Lipinski definition) is 1. The molecule has 0 aromatic carbocycles. The van der Waals surface area contributed by atoms with Crippen molar-refractivity contribution in [3.63, 3.8) is 0 Å². The van der Waals surface area contributed by atoms with E-state index in [0.717, 1.165) is 37.4 Å². The zero-order valence-corrected chi connectivity index (χ0v) is 16.7. The van der Waals surface area contributed by atoms with Crippen molar-refractivity contribution in [3.05, 3.63) is 41.9 Å². The first-order valence-electron chi connectivity index (χ1n) is 9.70. The highest BCUT2D eigenvalue weighted by Crippen LogP contribution is 2.18. The first-order chi connectivity index (χ1) is 13.0. The van der Waals surface area contributed by atoms with Crippen molar-refractivity contribution in [3.8, 4) is 0 Å². The number of pyridine rings is 1. The van der Waals surface area contributed by atoms with Gasteiger partial charge in [0.05, 0.1) is 11.8 Å². The molecule has 1 unspecified atom stereocenters. The Morgan fingerprint density at radius 2 is 2.11 bits per heavy atom. The van der Waals surface area contributed by atoms with Crippen LogP contribution in [-0.2, 0) is 13.6 Å². The fourth-order valence-electron chi connectivity index (χ4n) is 3.66. The number of nitrogens with one attached hydrogen (secondary N) is 1. The third-order valence-electron chi connectivity index (χ3n) is 5.19. The summed E-state index contributed by atoms with van der Waals surface area (Å²) in [6, 6.07) is 4.66. The van der Waals surface area contributed by atoms with Gasteiger partial charge in [0.15, 0.2) is 0 Å². The van der Waals surface area contributed by atoms with Crippen LogP contribution in [0.25, 0.3) is 0 Å². The zero-order valence-electron chi connectivity index (χ0n) is 16.7. The highest BCUT2D eigenvalue weighted by Gasteiger charge is 2.30. The number of amides is 1. The number of carbonyl (C=O) groups excluding carboxylic acids is 1. The molecule has 2 aromatic heterocycles. The highest BCUT2D eigenvalue weighted by atomic mass is 16.2. The summed E-state index contributed by atoms with van der Waals surface area (Å²) in [6.45, 7) is 9.79. The Morgan fingerprint density at radius 3 is 2.70 bits per heavy atom.